The Balaban J connectivity index is 1.30. The Morgan fingerprint density at radius 3 is 2.97 bits per heavy atom. The highest BCUT2D eigenvalue weighted by atomic mass is 16.5. The van der Waals surface area contributed by atoms with Gasteiger partial charge in [-0.15, -0.1) is 10.2 Å². The minimum absolute atomic E-state index is 0.0905. The third-order valence-electron chi connectivity index (χ3n) is 8.04. The van der Waals surface area contributed by atoms with Crippen LogP contribution in [-0.2, 0) is 6.42 Å². The quantitative estimate of drug-likeness (QED) is 0.617. The monoisotopic (exact) mass is 445 g/mol. The Hall–Kier alpha value is -2.93. The maximum atomic E-state index is 13.7. The standard InChI is InChI=1S/C26H31N5O2/c1-33-21-7-4-6-18(12-21)13-24-20-14-19(23-9-2-3-11-31(23)24)15-30(16-20)26(32)22-8-5-10-29-17-27-28-25(22)29/h4-8,10,12,17,19-20,23-24H,2-3,9,11,13-16H2,1H3/t19-,20+,23+,24+/m1/s1. The number of aromatic nitrogens is 3. The van der Waals surface area contributed by atoms with E-state index in [9.17, 15) is 4.79 Å². The van der Waals surface area contributed by atoms with E-state index in [1.165, 1.54) is 37.8 Å². The van der Waals surface area contributed by atoms with Gasteiger partial charge in [0, 0.05) is 31.4 Å². The van der Waals surface area contributed by atoms with Gasteiger partial charge in [-0.3, -0.25) is 14.1 Å². The number of ether oxygens (including phenoxy) is 1. The van der Waals surface area contributed by atoms with Gasteiger partial charge in [-0.1, -0.05) is 18.6 Å². The first-order valence-electron chi connectivity index (χ1n) is 12.2. The van der Waals surface area contributed by atoms with Gasteiger partial charge in [-0.25, -0.2) is 0 Å². The molecule has 0 unspecified atom stereocenters. The van der Waals surface area contributed by atoms with Crippen molar-refractivity contribution in [2.45, 2.75) is 44.2 Å². The number of fused-ring (bicyclic) bond motifs is 5. The van der Waals surface area contributed by atoms with Crippen molar-refractivity contribution in [1.82, 2.24) is 24.4 Å². The number of pyridine rings is 1. The van der Waals surface area contributed by atoms with E-state index >= 15 is 0 Å². The fraction of sp³-hybridized carbons (Fsp3) is 0.500. The molecular formula is C26H31N5O2. The van der Waals surface area contributed by atoms with E-state index in [4.69, 9.17) is 4.74 Å². The van der Waals surface area contributed by atoms with E-state index in [0.29, 0.717) is 35.1 Å². The number of nitrogens with zero attached hydrogens (tertiary/aromatic N) is 5. The van der Waals surface area contributed by atoms with E-state index < -0.39 is 0 Å². The second-order valence-corrected chi connectivity index (χ2v) is 9.87. The largest absolute Gasteiger partial charge is 0.497 e. The van der Waals surface area contributed by atoms with Crippen molar-refractivity contribution in [2.75, 3.05) is 26.7 Å². The molecule has 2 aromatic heterocycles. The van der Waals surface area contributed by atoms with E-state index in [0.717, 1.165) is 25.3 Å². The molecule has 1 aromatic carbocycles. The SMILES string of the molecule is COc1cccc(C[C@H]2[C@H]3C[C@H](CN(C(=O)c4cccn5cnnc45)C3)[C@@H]3CCCCN32)c1. The van der Waals surface area contributed by atoms with Crippen LogP contribution in [0.1, 0.15) is 41.6 Å². The first-order chi connectivity index (χ1) is 16.2. The highest BCUT2D eigenvalue weighted by Crippen LogP contribution is 2.42. The molecule has 0 spiro atoms. The first kappa shape index (κ1) is 20.7. The van der Waals surface area contributed by atoms with Gasteiger partial charge in [0.05, 0.1) is 12.7 Å². The predicted octanol–water partition coefficient (Wildman–Crippen LogP) is 3.30. The Morgan fingerprint density at radius 1 is 1.15 bits per heavy atom. The van der Waals surface area contributed by atoms with Gasteiger partial charge in [-0.05, 0) is 73.9 Å². The zero-order valence-electron chi connectivity index (χ0n) is 19.1. The van der Waals surface area contributed by atoms with Crippen LogP contribution in [0.4, 0.5) is 0 Å². The number of hydrogen-bond acceptors (Lipinski definition) is 5. The maximum absolute atomic E-state index is 13.7. The summed E-state index contributed by atoms with van der Waals surface area (Å²) in [5.74, 6) is 2.03. The smallest absolute Gasteiger partial charge is 0.257 e. The second kappa shape index (κ2) is 8.45. The molecule has 7 nitrogen and oxygen atoms in total. The maximum Gasteiger partial charge on any atom is 0.257 e. The molecule has 0 saturated carbocycles. The molecular weight excluding hydrogens is 414 g/mol. The summed E-state index contributed by atoms with van der Waals surface area (Å²) >= 11 is 0. The van der Waals surface area contributed by atoms with Crippen LogP contribution in [0.2, 0.25) is 0 Å². The highest BCUT2D eigenvalue weighted by Gasteiger charge is 2.48. The number of carbonyl (C=O) groups is 1. The fourth-order valence-electron chi connectivity index (χ4n) is 6.58. The lowest BCUT2D eigenvalue weighted by Crippen LogP contribution is -2.64. The van der Waals surface area contributed by atoms with Gasteiger partial charge in [0.15, 0.2) is 5.65 Å². The molecule has 4 atom stereocenters. The molecule has 1 amide bonds. The Morgan fingerprint density at radius 2 is 2.06 bits per heavy atom. The summed E-state index contributed by atoms with van der Waals surface area (Å²) in [6.45, 7) is 2.83. The molecule has 3 fully saturated rings. The second-order valence-electron chi connectivity index (χ2n) is 9.87. The van der Waals surface area contributed by atoms with Crippen LogP contribution in [0.5, 0.6) is 5.75 Å². The molecule has 0 N–H and O–H groups in total. The van der Waals surface area contributed by atoms with Crippen molar-refractivity contribution in [3.8, 4) is 5.75 Å². The van der Waals surface area contributed by atoms with Crippen molar-refractivity contribution < 1.29 is 9.53 Å². The summed E-state index contributed by atoms with van der Waals surface area (Å²) in [5.41, 5.74) is 2.61. The molecule has 3 aliphatic heterocycles. The molecule has 0 aliphatic carbocycles. The summed E-state index contributed by atoms with van der Waals surface area (Å²) < 4.78 is 7.30. The molecule has 3 aromatic rings. The molecule has 7 heteroatoms. The Labute approximate surface area is 194 Å². The molecule has 3 aliphatic rings. The van der Waals surface area contributed by atoms with Crippen LogP contribution in [0.15, 0.2) is 48.9 Å². The van der Waals surface area contributed by atoms with Gasteiger partial charge in [0.1, 0.15) is 12.1 Å². The van der Waals surface area contributed by atoms with E-state index in [2.05, 4.69) is 38.2 Å². The fourth-order valence-corrected chi connectivity index (χ4v) is 6.58. The lowest BCUT2D eigenvalue weighted by atomic mass is 9.71. The molecule has 0 radical (unpaired) electrons. The molecule has 33 heavy (non-hydrogen) atoms. The first-order valence-corrected chi connectivity index (χ1v) is 12.2. The van der Waals surface area contributed by atoms with Crippen molar-refractivity contribution in [2.24, 2.45) is 11.8 Å². The highest BCUT2D eigenvalue weighted by molar-refractivity contribution is 5.99. The third-order valence-corrected chi connectivity index (χ3v) is 8.04. The summed E-state index contributed by atoms with van der Waals surface area (Å²) in [7, 11) is 1.73. The number of carbonyl (C=O) groups excluding carboxylic acids is 1. The van der Waals surface area contributed by atoms with E-state index in [1.54, 1.807) is 13.4 Å². The third kappa shape index (κ3) is 3.68. The zero-order chi connectivity index (χ0) is 22.4. The molecule has 2 bridgehead atoms. The van der Waals surface area contributed by atoms with Crippen LogP contribution >= 0.6 is 0 Å². The average molecular weight is 446 g/mol. The van der Waals surface area contributed by atoms with E-state index in [-0.39, 0.29) is 5.91 Å². The summed E-state index contributed by atoms with van der Waals surface area (Å²) in [6.07, 6.45) is 9.58. The van der Waals surface area contributed by atoms with Crippen LogP contribution in [0.25, 0.3) is 5.65 Å². The van der Waals surface area contributed by atoms with Gasteiger partial charge in [0.2, 0.25) is 0 Å². The Kier molecular flexibility index (Phi) is 5.29. The van der Waals surface area contributed by atoms with Crippen LogP contribution in [-0.4, -0.2) is 69.1 Å². The van der Waals surface area contributed by atoms with Crippen molar-refractivity contribution in [1.29, 1.82) is 0 Å². The van der Waals surface area contributed by atoms with Crippen molar-refractivity contribution >= 4 is 11.6 Å². The van der Waals surface area contributed by atoms with Gasteiger partial charge >= 0.3 is 0 Å². The zero-order valence-corrected chi connectivity index (χ0v) is 19.1. The topological polar surface area (TPSA) is 63.0 Å². The minimum atomic E-state index is 0.0905. The number of piperidine rings is 3. The van der Waals surface area contributed by atoms with Crippen LogP contribution in [0.3, 0.4) is 0 Å². The molecule has 172 valence electrons. The van der Waals surface area contributed by atoms with Crippen LogP contribution < -0.4 is 4.74 Å². The van der Waals surface area contributed by atoms with Gasteiger partial charge in [0.25, 0.3) is 5.91 Å². The van der Waals surface area contributed by atoms with Gasteiger partial charge < -0.3 is 9.64 Å². The number of methoxy groups -OCH3 is 1. The minimum Gasteiger partial charge on any atom is -0.497 e. The summed E-state index contributed by atoms with van der Waals surface area (Å²) in [6, 6.07) is 13.3. The summed E-state index contributed by atoms with van der Waals surface area (Å²) in [4.78, 5) is 18.6. The summed E-state index contributed by atoms with van der Waals surface area (Å²) in [5, 5.41) is 8.20. The lowest BCUT2D eigenvalue weighted by Gasteiger charge is -2.57. The molecule has 3 saturated heterocycles. The number of benzene rings is 1. The predicted molar refractivity (Wildman–Crippen MR) is 125 cm³/mol. The van der Waals surface area contributed by atoms with E-state index in [1.807, 2.05) is 28.8 Å². The molecule has 5 heterocycles. The van der Waals surface area contributed by atoms with Crippen LogP contribution in [0, 0.1) is 11.8 Å². The van der Waals surface area contributed by atoms with Crippen molar-refractivity contribution in [3.63, 3.8) is 0 Å². The van der Waals surface area contributed by atoms with Crippen molar-refractivity contribution in [3.05, 3.63) is 60.0 Å². The number of hydrogen-bond donors (Lipinski definition) is 0. The lowest BCUT2D eigenvalue weighted by molar-refractivity contribution is -0.0642. The molecule has 6 rings (SSSR count). The van der Waals surface area contributed by atoms with Gasteiger partial charge in [-0.2, -0.15) is 0 Å². The normalized spacial score (nSPS) is 27.4. The number of amides is 1. The number of rotatable bonds is 4. The Bertz CT molecular complexity index is 1160. The number of likely N-dealkylation sites (tertiary alicyclic amines) is 1. The average Bonchev–Trinajstić information content (AvgIpc) is 3.35.